The zero-order chi connectivity index (χ0) is 20.6. The summed E-state index contributed by atoms with van der Waals surface area (Å²) < 4.78 is 5.95. The van der Waals surface area contributed by atoms with E-state index < -0.39 is 0 Å². The van der Waals surface area contributed by atoms with Crippen molar-refractivity contribution in [2.24, 2.45) is 0 Å². The first kappa shape index (κ1) is 24.2. The van der Waals surface area contributed by atoms with Crippen LogP contribution < -0.4 is 4.74 Å². The molecule has 0 atom stereocenters. The van der Waals surface area contributed by atoms with Crippen molar-refractivity contribution in [1.29, 1.82) is 0 Å². The summed E-state index contributed by atoms with van der Waals surface area (Å²) in [5.74, 6) is 1.02. The Kier molecular flexibility index (Phi) is 13.1. The summed E-state index contributed by atoms with van der Waals surface area (Å²) in [6.07, 6.45) is 14.7. The Labute approximate surface area is 180 Å². The van der Waals surface area contributed by atoms with E-state index in [1.165, 1.54) is 109 Å². The number of ether oxygens (including phenoxy) is 1. The lowest BCUT2D eigenvalue weighted by Crippen LogP contribution is -2.30. The Bertz CT molecular complexity index is 490. The smallest absolute Gasteiger partial charge is 0.119 e. The number of benzene rings is 1. The van der Waals surface area contributed by atoms with E-state index in [0.717, 1.165) is 18.9 Å². The van der Waals surface area contributed by atoms with E-state index in [1.807, 2.05) is 0 Å². The minimum Gasteiger partial charge on any atom is -0.494 e. The average molecular weight is 403 g/mol. The van der Waals surface area contributed by atoms with Crippen LogP contribution in [0.2, 0.25) is 0 Å². The number of hydrogen-bond donors (Lipinski definition) is 0. The molecular weight excluding hydrogens is 356 g/mol. The van der Waals surface area contributed by atoms with Crippen LogP contribution in [0.15, 0.2) is 24.3 Å². The molecule has 3 heteroatoms. The van der Waals surface area contributed by atoms with Crippen molar-refractivity contribution in [3.05, 3.63) is 29.8 Å². The fourth-order valence-corrected chi connectivity index (χ4v) is 4.37. The molecule has 0 N–H and O–H groups in total. The number of likely N-dealkylation sites (tertiary alicyclic amines) is 1. The van der Waals surface area contributed by atoms with E-state index in [0.29, 0.717) is 0 Å². The first-order valence-electron chi connectivity index (χ1n) is 12.5. The number of unbranched alkanes of at least 4 members (excludes halogenated alkanes) is 5. The van der Waals surface area contributed by atoms with Gasteiger partial charge in [0, 0.05) is 6.54 Å². The molecule has 2 rings (SSSR count). The largest absolute Gasteiger partial charge is 0.494 e. The second-order valence-electron chi connectivity index (χ2n) is 8.79. The van der Waals surface area contributed by atoms with Gasteiger partial charge in [-0.05, 0) is 88.9 Å². The molecule has 1 aliphatic heterocycles. The third kappa shape index (κ3) is 11.1. The lowest BCUT2D eigenvalue weighted by molar-refractivity contribution is 0.224. The predicted octanol–water partition coefficient (Wildman–Crippen LogP) is 6.51. The molecule has 3 nitrogen and oxygen atoms in total. The molecule has 29 heavy (non-hydrogen) atoms. The average Bonchev–Trinajstić information content (AvgIpc) is 2.75. The van der Waals surface area contributed by atoms with Gasteiger partial charge in [0.15, 0.2) is 0 Å². The van der Waals surface area contributed by atoms with Crippen LogP contribution in [-0.2, 0) is 6.54 Å². The molecule has 1 aliphatic rings. The molecule has 0 radical (unpaired) electrons. The van der Waals surface area contributed by atoms with E-state index in [-0.39, 0.29) is 0 Å². The highest BCUT2D eigenvalue weighted by atomic mass is 16.5. The summed E-state index contributed by atoms with van der Waals surface area (Å²) in [4.78, 5) is 5.20. The molecule has 0 aromatic heterocycles. The molecule has 0 unspecified atom stereocenters. The molecule has 0 saturated carbocycles. The van der Waals surface area contributed by atoms with Crippen LogP contribution in [0.4, 0.5) is 0 Å². The minimum atomic E-state index is 0.852. The van der Waals surface area contributed by atoms with Crippen LogP contribution in [0.5, 0.6) is 5.75 Å². The summed E-state index contributed by atoms with van der Waals surface area (Å²) in [5, 5.41) is 0. The molecule has 0 bridgehead atoms. The zero-order valence-electron chi connectivity index (χ0n) is 19.3. The highest BCUT2D eigenvalue weighted by Crippen LogP contribution is 2.15. The van der Waals surface area contributed by atoms with Crippen molar-refractivity contribution in [3.63, 3.8) is 0 Å². The first-order valence-corrected chi connectivity index (χ1v) is 12.5. The van der Waals surface area contributed by atoms with Crippen LogP contribution >= 0.6 is 0 Å². The maximum Gasteiger partial charge on any atom is 0.119 e. The van der Waals surface area contributed by atoms with Gasteiger partial charge in [0.2, 0.25) is 0 Å². The van der Waals surface area contributed by atoms with Crippen LogP contribution in [-0.4, -0.2) is 49.1 Å². The third-order valence-electron chi connectivity index (χ3n) is 6.00. The summed E-state index contributed by atoms with van der Waals surface area (Å²) in [6, 6.07) is 8.75. The van der Waals surface area contributed by atoms with Crippen molar-refractivity contribution in [3.8, 4) is 5.75 Å². The summed E-state index contributed by atoms with van der Waals surface area (Å²) in [5.41, 5.74) is 1.39. The van der Waals surface area contributed by atoms with Gasteiger partial charge < -0.3 is 9.64 Å². The molecular formula is C26H46N2O. The molecule has 0 amide bonds. The third-order valence-corrected chi connectivity index (χ3v) is 6.00. The van der Waals surface area contributed by atoms with Gasteiger partial charge in [-0.3, -0.25) is 4.90 Å². The number of hydrogen-bond acceptors (Lipinski definition) is 3. The van der Waals surface area contributed by atoms with E-state index in [9.17, 15) is 0 Å². The molecule has 1 aromatic rings. The lowest BCUT2D eigenvalue weighted by atomic mass is 10.1. The van der Waals surface area contributed by atoms with Gasteiger partial charge in [-0.15, -0.1) is 0 Å². The second kappa shape index (κ2) is 15.7. The Balaban J connectivity index is 1.47. The maximum atomic E-state index is 5.95. The number of rotatable bonds is 16. The maximum absolute atomic E-state index is 5.95. The summed E-state index contributed by atoms with van der Waals surface area (Å²) >= 11 is 0. The van der Waals surface area contributed by atoms with E-state index in [4.69, 9.17) is 4.74 Å². The second-order valence-corrected chi connectivity index (χ2v) is 8.79. The Morgan fingerprint density at radius 2 is 1.41 bits per heavy atom. The van der Waals surface area contributed by atoms with Crippen molar-refractivity contribution < 1.29 is 4.74 Å². The Morgan fingerprint density at radius 3 is 2.07 bits per heavy atom. The molecule has 0 spiro atoms. The SMILES string of the molecule is CCCN(CCC)Cc1ccc(OCCCCCCCCN2CCCCC2)cc1. The van der Waals surface area contributed by atoms with Crippen LogP contribution in [0.3, 0.4) is 0 Å². The van der Waals surface area contributed by atoms with Gasteiger partial charge in [0.05, 0.1) is 6.61 Å². The topological polar surface area (TPSA) is 15.7 Å². The van der Waals surface area contributed by atoms with E-state index in [1.54, 1.807) is 0 Å². The Hall–Kier alpha value is -1.06. The Morgan fingerprint density at radius 1 is 0.793 bits per heavy atom. The van der Waals surface area contributed by atoms with Gasteiger partial charge in [-0.2, -0.15) is 0 Å². The van der Waals surface area contributed by atoms with Crippen LogP contribution in [0, 0.1) is 0 Å². The number of nitrogens with zero attached hydrogens (tertiary/aromatic N) is 2. The van der Waals surface area contributed by atoms with Gasteiger partial charge >= 0.3 is 0 Å². The highest BCUT2D eigenvalue weighted by molar-refractivity contribution is 5.27. The van der Waals surface area contributed by atoms with Gasteiger partial charge in [-0.1, -0.05) is 58.1 Å². The van der Waals surface area contributed by atoms with Crippen molar-refractivity contribution in [2.45, 2.75) is 91.0 Å². The molecule has 1 aromatic carbocycles. The van der Waals surface area contributed by atoms with Crippen molar-refractivity contribution >= 4 is 0 Å². The summed E-state index contributed by atoms with van der Waals surface area (Å²) in [7, 11) is 0. The van der Waals surface area contributed by atoms with Crippen LogP contribution in [0.25, 0.3) is 0 Å². The fraction of sp³-hybridized carbons (Fsp3) is 0.769. The predicted molar refractivity (Wildman–Crippen MR) is 126 cm³/mol. The van der Waals surface area contributed by atoms with Crippen LogP contribution in [0.1, 0.15) is 90.0 Å². The van der Waals surface area contributed by atoms with Gasteiger partial charge in [0.1, 0.15) is 5.75 Å². The van der Waals surface area contributed by atoms with Crippen molar-refractivity contribution in [1.82, 2.24) is 9.80 Å². The van der Waals surface area contributed by atoms with Gasteiger partial charge in [-0.25, -0.2) is 0 Å². The normalized spacial score (nSPS) is 15.1. The highest BCUT2D eigenvalue weighted by Gasteiger charge is 2.08. The monoisotopic (exact) mass is 402 g/mol. The van der Waals surface area contributed by atoms with E-state index in [2.05, 4.69) is 47.9 Å². The molecule has 1 fully saturated rings. The standard InChI is InChI=1S/C26H46N2O/c1-3-18-28(19-4-2)24-25-14-16-26(17-15-25)29-23-13-8-6-5-7-10-20-27-21-11-9-12-22-27/h14-17H,3-13,18-24H2,1-2H3. The number of piperidine rings is 1. The van der Waals surface area contributed by atoms with Crippen molar-refractivity contribution in [2.75, 3.05) is 39.3 Å². The molecule has 166 valence electrons. The molecule has 0 aliphatic carbocycles. The first-order chi connectivity index (χ1) is 14.3. The fourth-order valence-electron chi connectivity index (χ4n) is 4.37. The summed E-state index contributed by atoms with van der Waals surface area (Å²) in [6.45, 7) is 12.8. The minimum absolute atomic E-state index is 0.852. The lowest BCUT2D eigenvalue weighted by Gasteiger charge is -2.26. The van der Waals surface area contributed by atoms with Gasteiger partial charge in [0.25, 0.3) is 0 Å². The molecule has 1 heterocycles. The van der Waals surface area contributed by atoms with E-state index >= 15 is 0 Å². The molecule has 1 saturated heterocycles. The zero-order valence-corrected chi connectivity index (χ0v) is 19.3. The quantitative estimate of drug-likeness (QED) is 0.293.